The number of amides is 1. The number of rotatable bonds is 7. The number of hydrogen-bond acceptors (Lipinski definition) is 3. The Labute approximate surface area is 171 Å². The molecule has 0 unspecified atom stereocenters. The molecule has 1 aliphatic rings. The van der Waals surface area contributed by atoms with Gasteiger partial charge in [0.1, 0.15) is 17.5 Å². The summed E-state index contributed by atoms with van der Waals surface area (Å²) in [6.07, 6.45) is 6.39. The van der Waals surface area contributed by atoms with Gasteiger partial charge in [-0.05, 0) is 61.9 Å². The molecule has 1 aliphatic heterocycles. The van der Waals surface area contributed by atoms with Gasteiger partial charge in [0.25, 0.3) is 5.91 Å². The topological polar surface area (TPSA) is 56.1 Å². The van der Waals surface area contributed by atoms with E-state index in [1.165, 1.54) is 24.1 Å². The number of piperidine rings is 1. The Morgan fingerprint density at radius 1 is 1.14 bits per heavy atom. The van der Waals surface area contributed by atoms with Crippen LogP contribution in [0.5, 0.6) is 0 Å². The van der Waals surface area contributed by atoms with Crippen molar-refractivity contribution >= 4 is 17.7 Å². The van der Waals surface area contributed by atoms with Crippen LogP contribution in [0.3, 0.4) is 0 Å². The molecule has 29 heavy (non-hydrogen) atoms. The molecule has 0 saturated carbocycles. The highest BCUT2D eigenvalue weighted by molar-refractivity contribution is 6.01. The van der Waals surface area contributed by atoms with Crippen molar-refractivity contribution in [3.8, 4) is 6.07 Å². The predicted octanol–water partition coefficient (Wildman–Crippen LogP) is 4.47. The van der Waals surface area contributed by atoms with Crippen LogP contribution in [0.2, 0.25) is 0 Å². The third-order valence-electron chi connectivity index (χ3n) is 5.14. The lowest BCUT2D eigenvalue weighted by atomic mass is 10.1. The van der Waals surface area contributed by atoms with Gasteiger partial charge < -0.3 is 10.2 Å². The Kier molecular flexibility index (Phi) is 7.40. The predicted molar refractivity (Wildman–Crippen MR) is 114 cm³/mol. The minimum Gasteiger partial charge on any atom is -0.371 e. The molecule has 1 fully saturated rings. The molecule has 150 valence electrons. The number of carbonyl (C=O) groups excluding carboxylic acids is 1. The summed E-state index contributed by atoms with van der Waals surface area (Å²) in [6, 6.07) is 16.9. The van der Waals surface area contributed by atoms with E-state index >= 15 is 0 Å². The molecule has 2 aromatic carbocycles. The molecule has 0 bridgehead atoms. The molecule has 0 spiro atoms. The standard InChI is InChI=1S/C24H26FN3O/c25-23-17-22(28-14-5-2-6-15-28)12-11-20(23)16-21(18-26)24(29)27-13-7-10-19-8-3-1-4-9-19/h1,3-4,8-9,11-12,16-17H,2,5-7,10,13-15H2,(H,27,29)/b21-16-. The van der Waals surface area contributed by atoms with Gasteiger partial charge in [-0.2, -0.15) is 5.26 Å². The number of hydrogen-bond donors (Lipinski definition) is 1. The van der Waals surface area contributed by atoms with Crippen molar-refractivity contribution < 1.29 is 9.18 Å². The van der Waals surface area contributed by atoms with E-state index in [0.717, 1.165) is 44.5 Å². The average Bonchev–Trinajstić information content (AvgIpc) is 2.77. The molecule has 0 atom stereocenters. The maximum atomic E-state index is 14.5. The molecule has 0 aliphatic carbocycles. The first-order valence-electron chi connectivity index (χ1n) is 10.2. The number of halogens is 1. The second-order valence-corrected chi connectivity index (χ2v) is 7.27. The van der Waals surface area contributed by atoms with Crippen LogP contribution in [0.25, 0.3) is 6.08 Å². The third kappa shape index (κ3) is 5.92. The Hall–Kier alpha value is -3.13. The van der Waals surface area contributed by atoms with Gasteiger partial charge in [-0.25, -0.2) is 4.39 Å². The second kappa shape index (κ2) is 10.4. The van der Waals surface area contributed by atoms with E-state index in [4.69, 9.17) is 0 Å². The normalized spacial score (nSPS) is 14.3. The number of nitrogens with one attached hydrogen (secondary N) is 1. The lowest BCUT2D eigenvalue weighted by Gasteiger charge is -2.28. The van der Waals surface area contributed by atoms with Crippen molar-refractivity contribution in [2.75, 3.05) is 24.5 Å². The first kappa shape index (κ1) is 20.6. The van der Waals surface area contributed by atoms with Gasteiger partial charge in [0.15, 0.2) is 0 Å². The van der Waals surface area contributed by atoms with Crippen LogP contribution in [0, 0.1) is 17.1 Å². The highest BCUT2D eigenvalue weighted by Crippen LogP contribution is 2.23. The summed E-state index contributed by atoms with van der Waals surface area (Å²) >= 11 is 0. The SMILES string of the molecule is N#C/C(=C/c1ccc(N2CCCCC2)cc1F)C(=O)NCCCc1ccccc1. The maximum Gasteiger partial charge on any atom is 0.261 e. The molecule has 0 aromatic heterocycles. The summed E-state index contributed by atoms with van der Waals surface area (Å²) < 4.78 is 14.5. The van der Waals surface area contributed by atoms with E-state index in [2.05, 4.69) is 10.2 Å². The molecular weight excluding hydrogens is 365 g/mol. The molecule has 3 rings (SSSR count). The van der Waals surface area contributed by atoms with Crippen molar-refractivity contribution in [3.63, 3.8) is 0 Å². The van der Waals surface area contributed by atoms with Crippen LogP contribution in [0.4, 0.5) is 10.1 Å². The molecule has 0 radical (unpaired) electrons. The minimum atomic E-state index is -0.472. The Balaban J connectivity index is 1.58. The second-order valence-electron chi connectivity index (χ2n) is 7.27. The summed E-state index contributed by atoms with van der Waals surface area (Å²) in [5, 5.41) is 12.1. The van der Waals surface area contributed by atoms with E-state index in [-0.39, 0.29) is 11.1 Å². The summed E-state index contributed by atoms with van der Waals surface area (Å²) in [5.74, 6) is -0.891. The molecule has 5 heteroatoms. The molecule has 1 heterocycles. The highest BCUT2D eigenvalue weighted by atomic mass is 19.1. The highest BCUT2D eigenvalue weighted by Gasteiger charge is 2.14. The van der Waals surface area contributed by atoms with Crippen LogP contribution in [0.1, 0.15) is 36.8 Å². The zero-order valence-corrected chi connectivity index (χ0v) is 16.5. The maximum absolute atomic E-state index is 14.5. The number of benzene rings is 2. The largest absolute Gasteiger partial charge is 0.371 e. The van der Waals surface area contributed by atoms with Gasteiger partial charge in [-0.1, -0.05) is 30.3 Å². The summed E-state index contributed by atoms with van der Waals surface area (Å²) in [5.41, 5.74) is 2.22. The molecule has 1 amide bonds. The van der Waals surface area contributed by atoms with Crippen molar-refractivity contribution in [1.82, 2.24) is 5.32 Å². The number of anilines is 1. The monoisotopic (exact) mass is 391 g/mol. The van der Waals surface area contributed by atoms with Crippen LogP contribution in [-0.2, 0) is 11.2 Å². The van der Waals surface area contributed by atoms with E-state index in [1.54, 1.807) is 6.07 Å². The Morgan fingerprint density at radius 2 is 1.90 bits per heavy atom. The van der Waals surface area contributed by atoms with Gasteiger partial charge in [0, 0.05) is 30.9 Å². The number of nitriles is 1. The van der Waals surface area contributed by atoms with Crippen LogP contribution >= 0.6 is 0 Å². The average molecular weight is 391 g/mol. The zero-order valence-electron chi connectivity index (χ0n) is 16.5. The fraction of sp³-hybridized carbons (Fsp3) is 0.333. The van der Waals surface area contributed by atoms with E-state index < -0.39 is 11.7 Å². The molecular formula is C24H26FN3O. The van der Waals surface area contributed by atoms with Crippen LogP contribution in [-0.4, -0.2) is 25.5 Å². The first-order valence-corrected chi connectivity index (χ1v) is 10.2. The van der Waals surface area contributed by atoms with Gasteiger partial charge in [0.05, 0.1) is 0 Å². The van der Waals surface area contributed by atoms with Gasteiger partial charge >= 0.3 is 0 Å². The summed E-state index contributed by atoms with van der Waals surface area (Å²) in [7, 11) is 0. The fourth-order valence-electron chi connectivity index (χ4n) is 3.52. The van der Waals surface area contributed by atoms with Crippen LogP contribution in [0.15, 0.2) is 54.1 Å². The number of aryl methyl sites for hydroxylation is 1. The summed E-state index contributed by atoms with van der Waals surface area (Å²) in [6.45, 7) is 2.33. The third-order valence-corrected chi connectivity index (χ3v) is 5.14. The Morgan fingerprint density at radius 3 is 2.59 bits per heavy atom. The number of carbonyl (C=O) groups is 1. The number of nitrogens with zero attached hydrogens (tertiary/aromatic N) is 2. The molecule has 2 aromatic rings. The minimum absolute atomic E-state index is 0.0886. The van der Waals surface area contributed by atoms with E-state index in [0.29, 0.717) is 6.54 Å². The lowest BCUT2D eigenvalue weighted by molar-refractivity contribution is -0.117. The van der Waals surface area contributed by atoms with Crippen molar-refractivity contribution in [2.45, 2.75) is 32.1 Å². The van der Waals surface area contributed by atoms with Gasteiger partial charge in [-0.15, -0.1) is 0 Å². The van der Waals surface area contributed by atoms with Crippen LogP contribution < -0.4 is 10.2 Å². The molecule has 1 N–H and O–H groups in total. The molecule has 4 nitrogen and oxygen atoms in total. The quantitative estimate of drug-likeness (QED) is 0.430. The van der Waals surface area contributed by atoms with Gasteiger partial charge in [-0.3, -0.25) is 4.79 Å². The lowest BCUT2D eigenvalue weighted by Crippen LogP contribution is -2.29. The molecule has 1 saturated heterocycles. The summed E-state index contributed by atoms with van der Waals surface area (Å²) in [4.78, 5) is 14.5. The fourth-order valence-corrected chi connectivity index (χ4v) is 3.52. The smallest absolute Gasteiger partial charge is 0.261 e. The van der Waals surface area contributed by atoms with Crippen molar-refractivity contribution in [3.05, 3.63) is 71.0 Å². The first-order chi connectivity index (χ1) is 14.2. The van der Waals surface area contributed by atoms with E-state index in [1.807, 2.05) is 42.5 Å². The zero-order chi connectivity index (χ0) is 20.5. The van der Waals surface area contributed by atoms with Crippen molar-refractivity contribution in [1.29, 1.82) is 5.26 Å². The Bertz CT molecular complexity index is 896. The van der Waals surface area contributed by atoms with Crippen molar-refractivity contribution in [2.24, 2.45) is 0 Å². The van der Waals surface area contributed by atoms with Gasteiger partial charge in [0.2, 0.25) is 0 Å². The van der Waals surface area contributed by atoms with E-state index in [9.17, 15) is 14.4 Å².